The zero-order valence-electron chi connectivity index (χ0n) is 71.8. The fourth-order valence-electron chi connectivity index (χ4n) is 16.9. The van der Waals surface area contributed by atoms with Crippen LogP contribution in [0.1, 0.15) is 23.3 Å². The van der Waals surface area contributed by atoms with Crippen molar-refractivity contribution in [1.82, 2.24) is 4.57 Å². The summed E-state index contributed by atoms with van der Waals surface area (Å²) in [4.78, 5) is 4.03. The van der Waals surface area contributed by atoms with E-state index in [0.717, 1.165) is 48.0 Å². The quantitative estimate of drug-likeness (QED) is 0.135. The van der Waals surface area contributed by atoms with E-state index in [0.29, 0.717) is 61.6 Å². The molecule has 18 aromatic rings. The van der Waals surface area contributed by atoms with E-state index in [9.17, 15) is 21.9 Å². The minimum absolute atomic E-state index is 0.00747. The van der Waals surface area contributed by atoms with Gasteiger partial charge in [-0.3, -0.25) is 0 Å². The number of benzene rings is 16. The second kappa shape index (κ2) is 22.2. The van der Waals surface area contributed by atoms with Gasteiger partial charge in [-0.1, -0.05) is 273 Å². The number of hydrogen-bond acceptors (Lipinski definition) is 5. The van der Waals surface area contributed by atoms with Crippen LogP contribution < -0.4 is 52.1 Å². The fraction of sp³-hybridized carbons (Fsp3) is 0. The Bertz CT molecular complexity index is 7630. The average Bonchev–Trinajstić information content (AvgIpc) is 1.60. The van der Waals surface area contributed by atoms with E-state index in [2.05, 4.69) is 47.4 Å². The second-order valence-corrected chi connectivity index (χ2v) is 27.8. The summed E-state index contributed by atoms with van der Waals surface area (Å²) in [5.74, 6) is -0.423. The second-order valence-electron chi connectivity index (χ2n) is 26.7. The predicted molar refractivity (Wildman–Crippen MR) is 437 cm³/mol. The van der Waals surface area contributed by atoms with E-state index < -0.39 is 109 Å². The van der Waals surface area contributed by atoms with Crippen LogP contribution in [-0.4, -0.2) is 18.0 Å². The molecule has 5 aliphatic heterocycles. The van der Waals surface area contributed by atoms with Crippen LogP contribution in [0.25, 0.3) is 126 Å². The molecule has 0 amide bonds. The van der Waals surface area contributed by atoms with Gasteiger partial charge in [-0.15, -0.1) is 11.3 Å². The molecule has 16 aromatic carbocycles. The summed E-state index contributed by atoms with van der Waals surface area (Å²) in [5, 5.41) is 1.83. The maximum Gasteiger partial charge on any atom is 0.266 e. The number of ether oxygens (including phenoxy) is 2. The maximum absolute atomic E-state index is 12.3. The van der Waals surface area contributed by atoms with Crippen molar-refractivity contribution < 1.29 is 32.8 Å². The van der Waals surface area contributed by atoms with E-state index >= 15 is 0 Å². The fourth-order valence-corrected chi connectivity index (χ4v) is 18.0. The Morgan fingerprint density at radius 2 is 0.856 bits per heavy atom. The number of thiophene rings is 1. The summed E-state index contributed by atoms with van der Waals surface area (Å²) in [5.41, 5.74) is 9.39. The van der Waals surface area contributed by atoms with E-state index in [1.807, 2.05) is 181 Å². The lowest BCUT2D eigenvalue weighted by Crippen LogP contribution is -2.66. The summed E-state index contributed by atoms with van der Waals surface area (Å²) < 4.78 is 193. The lowest BCUT2D eigenvalue weighted by molar-refractivity contribution is 0.466. The molecule has 0 radical (unpaired) electrons. The van der Waals surface area contributed by atoms with Crippen LogP contribution in [-0.2, 0) is 0 Å². The molecule has 0 atom stereocenters. The minimum atomic E-state index is -1.51. The van der Waals surface area contributed by atoms with Crippen LogP contribution in [0.2, 0.25) is 0 Å². The molecule has 0 spiro atoms. The third-order valence-corrected chi connectivity index (χ3v) is 22.4. The first-order valence-corrected chi connectivity index (χ1v) is 35.3. The van der Waals surface area contributed by atoms with Crippen LogP contribution in [0, 0.1) is 0 Å². The van der Waals surface area contributed by atoms with E-state index in [4.69, 9.17) is 10.8 Å². The molecule has 7 heterocycles. The summed E-state index contributed by atoms with van der Waals surface area (Å²) in [6, 6.07) is 69.4. The summed E-state index contributed by atoms with van der Waals surface area (Å²) in [6.07, 6.45) is 0. The maximum atomic E-state index is 12.3. The molecular formula is C96H57B2N3O2S. The molecule has 0 aliphatic carbocycles. The van der Waals surface area contributed by atoms with Gasteiger partial charge in [0.05, 0.1) is 45.7 Å². The highest BCUT2D eigenvalue weighted by Crippen LogP contribution is 2.57. The molecule has 0 bridgehead atoms. The van der Waals surface area contributed by atoms with Crippen molar-refractivity contribution in [2.45, 2.75) is 0 Å². The third-order valence-electron chi connectivity index (χ3n) is 21.2. The molecule has 5 aliphatic rings. The Balaban J connectivity index is 0.991. The van der Waals surface area contributed by atoms with E-state index in [-0.39, 0.29) is 113 Å². The van der Waals surface area contributed by atoms with Gasteiger partial charge in [0.25, 0.3) is 13.4 Å². The number of aromatic nitrogens is 1. The van der Waals surface area contributed by atoms with Crippen LogP contribution in [0.3, 0.4) is 0 Å². The number of para-hydroxylation sites is 3. The highest BCUT2D eigenvalue weighted by atomic mass is 32.1. The van der Waals surface area contributed by atoms with Crippen LogP contribution in [0.5, 0.6) is 23.0 Å². The molecule has 23 rings (SSSR count). The standard InChI is InChI=1S/C96H57B2N3O2S/c1-7-25-58(26-8-1)65-45-48-76-78(52-65)100(93-68(60-29-11-3-12-30-60)39-23-40-69(93)61-31-13-4-14-32-61)79-53-66(64-46-50-87-75(51-64)73-38-20-22-44-86(73)104-87)54-80-88(79)97(76)89-81(101(80)94-70(62-33-15-5-16-34-62)41-24-42-71(94)63-35-17-6-18-36-63)57-82-90-96(89)103-85-56-67(59-27-9-2-10-28-59)55-84-91(85)98(90)92-83(102-84)49-47-74-72-37-19-21-43-77(72)99(82)95(74)92/h1-57H/i1D,7D,8D,19D,21D,25D,26D,37D,43D,45D,47D,48D,49D,52D,55D,56D,57D. The molecular weight excluding hydrogens is 1280 g/mol. The number of fused-ring (bicyclic) bond motifs is 12. The van der Waals surface area contributed by atoms with Gasteiger partial charge in [-0.25, -0.2) is 0 Å². The average molecular weight is 1360 g/mol. The molecule has 0 saturated carbocycles. The molecule has 0 N–H and O–H groups in total. The first-order chi connectivity index (χ1) is 58.7. The van der Waals surface area contributed by atoms with Gasteiger partial charge in [-0.2, -0.15) is 0 Å². The lowest BCUT2D eigenvalue weighted by Gasteiger charge is -2.48. The largest absolute Gasteiger partial charge is 0.459 e. The SMILES string of the molecule is [2H]c1c([2H])c([2H])c(-c2c([2H])c([2H])c3c(c2[2H])N(c2c(-c4ccccc4)cccc2-c2ccccc2)c2cc(-c4ccc5sc6ccccc6c5c4)cc4c2B3c2c3c5c(c([2H])c2N4c2c(-c4ccccc4)cccc2-c2ccccc2)-n2c4c([2H])c([2H])c([2H])c([2H])c4c4c([2H])c([2H])c6c(c42)B5c2c(c([2H])c(-c4ccccc4)c([2H])c2O6)O3)c([2H])c1[2H]. The Hall–Kier alpha value is -13.1. The molecule has 5 nitrogen and oxygen atoms in total. The van der Waals surface area contributed by atoms with Crippen molar-refractivity contribution in [3.05, 3.63) is 345 Å². The summed E-state index contributed by atoms with van der Waals surface area (Å²) >= 11 is 1.66. The minimum Gasteiger partial charge on any atom is -0.459 e. The third kappa shape index (κ3) is 8.28. The molecule has 2 aromatic heterocycles. The molecule has 104 heavy (non-hydrogen) atoms. The predicted octanol–water partition coefficient (Wildman–Crippen LogP) is 21.9. The molecule has 0 fully saturated rings. The zero-order valence-corrected chi connectivity index (χ0v) is 55.6. The Kier molecular flexibility index (Phi) is 9.28. The smallest absolute Gasteiger partial charge is 0.266 e. The summed E-state index contributed by atoms with van der Waals surface area (Å²) in [7, 11) is 0. The lowest BCUT2D eigenvalue weighted by atomic mass is 9.29. The van der Waals surface area contributed by atoms with Crippen molar-refractivity contribution >= 4 is 134 Å². The van der Waals surface area contributed by atoms with Crippen LogP contribution in [0.4, 0.5) is 34.1 Å². The first kappa shape index (κ1) is 43.5. The molecule has 8 heteroatoms. The van der Waals surface area contributed by atoms with Gasteiger partial charge in [0.15, 0.2) is 0 Å². The molecule has 0 saturated heterocycles. The normalized spacial score (nSPS) is 15.4. The Morgan fingerprint density at radius 3 is 1.50 bits per heavy atom. The van der Waals surface area contributed by atoms with Gasteiger partial charge in [-0.05, 0) is 156 Å². The van der Waals surface area contributed by atoms with Gasteiger partial charge in [0.2, 0.25) is 0 Å². The van der Waals surface area contributed by atoms with Crippen molar-refractivity contribution in [2.24, 2.45) is 0 Å². The number of nitrogens with zero attached hydrogens (tertiary/aromatic N) is 3. The topological polar surface area (TPSA) is 29.9 Å². The van der Waals surface area contributed by atoms with Crippen LogP contribution in [0.15, 0.2) is 345 Å². The Morgan fingerprint density at radius 1 is 0.298 bits per heavy atom. The number of hydrogen-bond donors (Lipinski definition) is 0. The van der Waals surface area contributed by atoms with Crippen molar-refractivity contribution in [1.29, 1.82) is 0 Å². The van der Waals surface area contributed by atoms with E-state index in [1.54, 1.807) is 40.2 Å². The zero-order chi connectivity index (χ0) is 82.6. The Labute approximate surface area is 629 Å². The highest BCUT2D eigenvalue weighted by Gasteiger charge is 2.53. The molecule has 0 unspecified atom stereocenters. The van der Waals surface area contributed by atoms with Gasteiger partial charge < -0.3 is 23.8 Å². The van der Waals surface area contributed by atoms with E-state index in [1.165, 1.54) is 0 Å². The van der Waals surface area contributed by atoms with Gasteiger partial charge >= 0.3 is 0 Å². The number of anilines is 6. The van der Waals surface area contributed by atoms with Crippen molar-refractivity contribution in [3.63, 3.8) is 0 Å². The van der Waals surface area contributed by atoms with Crippen LogP contribution >= 0.6 is 11.3 Å². The van der Waals surface area contributed by atoms with Crippen molar-refractivity contribution in [2.75, 3.05) is 9.80 Å². The van der Waals surface area contributed by atoms with Gasteiger partial charge in [0, 0.05) is 87.1 Å². The number of rotatable bonds is 9. The first-order valence-electron chi connectivity index (χ1n) is 43.0. The molecule has 480 valence electrons. The van der Waals surface area contributed by atoms with Gasteiger partial charge in [0.1, 0.15) is 23.0 Å². The highest BCUT2D eigenvalue weighted by molar-refractivity contribution is 7.25. The van der Waals surface area contributed by atoms with Crippen molar-refractivity contribution in [3.8, 4) is 107 Å². The monoisotopic (exact) mass is 1350 g/mol. The summed E-state index contributed by atoms with van der Waals surface area (Å²) in [6.45, 7) is -2.81.